The van der Waals surface area contributed by atoms with E-state index >= 15 is 0 Å². The average molecular weight is 334 g/mol. The Kier molecular flexibility index (Phi) is 4.08. The van der Waals surface area contributed by atoms with Gasteiger partial charge in [0.25, 0.3) is 0 Å². The van der Waals surface area contributed by atoms with E-state index in [0.29, 0.717) is 20.9 Å². The van der Waals surface area contributed by atoms with Crippen LogP contribution in [0.1, 0.15) is 5.56 Å². The summed E-state index contributed by atoms with van der Waals surface area (Å²) in [7, 11) is 0. The molecule has 0 radical (unpaired) electrons. The van der Waals surface area contributed by atoms with Gasteiger partial charge in [0.15, 0.2) is 0 Å². The first-order valence-corrected chi connectivity index (χ1v) is 6.80. The fourth-order valence-corrected chi connectivity index (χ4v) is 2.61. The Bertz CT molecular complexity index is 555. The van der Waals surface area contributed by atoms with E-state index in [1.807, 2.05) is 6.07 Å². The Hall–Kier alpha value is -0.570. The van der Waals surface area contributed by atoms with Crippen LogP contribution in [0.5, 0.6) is 0 Å². The number of hydrogen-bond acceptors (Lipinski definition) is 0. The molecule has 2 aromatic carbocycles. The molecule has 0 fully saturated rings. The molecular weight excluding hydrogens is 326 g/mol. The summed E-state index contributed by atoms with van der Waals surface area (Å²) in [4.78, 5) is 0. The molecular formula is C13H8BrCl2F. The molecule has 0 N–H and O–H groups in total. The van der Waals surface area contributed by atoms with Crippen molar-refractivity contribution in [2.45, 2.75) is 5.33 Å². The third-order valence-corrected chi connectivity index (χ3v) is 3.60. The SMILES string of the molecule is Fc1cccc(-c2cc(Cl)ccc2Cl)c1CBr. The summed E-state index contributed by atoms with van der Waals surface area (Å²) in [5.41, 5.74) is 2.08. The molecule has 88 valence electrons. The highest BCUT2D eigenvalue weighted by Crippen LogP contribution is 2.34. The van der Waals surface area contributed by atoms with Crippen molar-refractivity contribution >= 4 is 39.1 Å². The standard InChI is InChI=1S/C13H8BrCl2F/c14-7-11-9(2-1-3-13(11)17)10-6-8(15)4-5-12(10)16/h1-6H,7H2. The lowest BCUT2D eigenvalue weighted by Crippen LogP contribution is -1.91. The Morgan fingerprint density at radius 1 is 1.06 bits per heavy atom. The molecule has 2 aromatic rings. The predicted molar refractivity (Wildman–Crippen MR) is 74.5 cm³/mol. The van der Waals surface area contributed by atoms with Gasteiger partial charge >= 0.3 is 0 Å². The molecule has 0 unspecified atom stereocenters. The zero-order valence-corrected chi connectivity index (χ0v) is 11.8. The zero-order chi connectivity index (χ0) is 12.4. The van der Waals surface area contributed by atoms with Crippen molar-refractivity contribution in [3.63, 3.8) is 0 Å². The van der Waals surface area contributed by atoms with Crippen LogP contribution in [0.4, 0.5) is 4.39 Å². The van der Waals surface area contributed by atoms with Crippen molar-refractivity contribution in [1.82, 2.24) is 0 Å². The minimum atomic E-state index is -0.254. The van der Waals surface area contributed by atoms with Crippen LogP contribution >= 0.6 is 39.1 Å². The second-order valence-corrected chi connectivity index (χ2v) is 4.93. The summed E-state index contributed by atoms with van der Waals surface area (Å²) in [6.45, 7) is 0. The smallest absolute Gasteiger partial charge is 0.127 e. The van der Waals surface area contributed by atoms with Crippen molar-refractivity contribution < 1.29 is 4.39 Å². The van der Waals surface area contributed by atoms with E-state index in [1.165, 1.54) is 6.07 Å². The zero-order valence-electron chi connectivity index (χ0n) is 8.68. The molecule has 0 saturated heterocycles. The van der Waals surface area contributed by atoms with Gasteiger partial charge in [0.1, 0.15) is 5.82 Å². The van der Waals surface area contributed by atoms with E-state index in [9.17, 15) is 4.39 Å². The van der Waals surface area contributed by atoms with Crippen molar-refractivity contribution in [1.29, 1.82) is 0 Å². The lowest BCUT2D eigenvalue weighted by Gasteiger charge is -2.10. The maximum atomic E-state index is 13.7. The first kappa shape index (κ1) is 12.9. The van der Waals surface area contributed by atoms with Gasteiger partial charge in [-0.3, -0.25) is 0 Å². The fourth-order valence-electron chi connectivity index (χ4n) is 1.65. The van der Waals surface area contributed by atoms with Crippen LogP contribution in [0.15, 0.2) is 36.4 Å². The highest BCUT2D eigenvalue weighted by molar-refractivity contribution is 9.08. The van der Waals surface area contributed by atoms with Crippen LogP contribution in [0.3, 0.4) is 0 Å². The Morgan fingerprint density at radius 2 is 1.82 bits per heavy atom. The molecule has 0 aliphatic rings. The van der Waals surface area contributed by atoms with Gasteiger partial charge in [-0.1, -0.05) is 51.3 Å². The van der Waals surface area contributed by atoms with Crippen molar-refractivity contribution in [3.05, 3.63) is 57.8 Å². The maximum absolute atomic E-state index is 13.7. The second kappa shape index (κ2) is 5.38. The van der Waals surface area contributed by atoms with E-state index < -0.39 is 0 Å². The number of hydrogen-bond donors (Lipinski definition) is 0. The molecule has 0 aliphatic heterocycles. The van der Waals surface area contributed by atoms with E-state index in [4.69, 9.17) is 23.2 Å². The molecule has 0 saturated carbocycles. The molecule has 0 atom stereocenters. The number of benzene rings is 2. The van der Waals surface area contributed by atoms with Gasteiger partial charge in [0.05, 0.1) is 0 Å². The van der Waals surface area contributed by atoms with E-state index in [2.05, 4.69) is 15.9 Å². The number of halogens is 4. The first-order valence-electron chi connectivity index (χ1n) is 4.92. The maximum Gasteiger partial charge on any atom is 0.127 e. The topological polar surface area (TPSA) is 0 Å². The molecule has 0 bridgehead atoms. The predicted octanol–water partition coefficient (Wildman–Crippen LogP) is 5.69. The summed E-state index contributed by atoms with van der Waals surface area (Å²) < 4.78 is 13.7. The molecule has 2 rings (SSSR count). The molecule has 0 aliphatic carbocycles. The minimum Gasteiger partial charge on any atom is -0.207 e. The average Bonchev–Trinajstić information content (AvgIpc) is 2.32. The summed E-state index contributed by atoms with van der Waals surface area (Å²) in [6, 6.07) is 10.1. The van der Waals surface area contributed by atoms with Gasteiger partial charge < -0.3 is 0 Å². The molecule has 17 heavy (non-hydrogen) atoms. The quantitative estimate of drug-likeness (QED) is 0.619. The molecule has 0 aromatic heterocycles. The second-order valence-electron chi connectivity index (χ2n) is 3.52. The van der Waals surface area contributed by atoms with Crippen LogP contribution in [0, 0.1) is 5.82 Å². The highest BCUT2D eigenvalue weighted by Gasteiger charge is 2.12. The molecule has 0 heterocycles. The van der Waals surface area contributed by atoms with Crippen LogP contribution in [0.2, 0.25) is 10.0 Å². The summed E-state index contributed by atoms with van der Waals surface area (Å²) in [5.74, 6) is -0.254. The fraction of sp³-hybridized carbons (Fsp3) is 0.0769. The Labute approximate surface area is 117 Å². The van der Waals surface area contributed by atoms with Gasteiger partial charge in [0.2, 0.25) is 0 Å². The summed E-state index contributed by atoms with van der Waals surface area (Å²) >= 11 is 15.3. The van der Waals surface area contributed by atoms with Crippen LogP contribution in [-0.2, 0) is 5.33 Å². The van der Waals surface area contributed by atoms with Gasteiger partial charge in [-0.15, -0.1) is 0 Å². The van der Waals surface area contributed by atoms with Crippen molar-refractivity contribution in [2.75, 3.05) is 0 Å². The highest BCUT2D eigenvalue weighted by atomic mass is 79.9. The van der Waals surface area contributed by atoms with Gasteiger partial charge in [-0.2, -0.15) is 0 Å². The van der Waals surface area contributed by atoms with E-state index in [0.717, 1.165) is 11.1 Å². The first-order chi connectivity index (χ1) is 8.13. The number of alkyl halides is 1. The lowest BCUT2D eigenvalue weighted by molar-refractivity contribution is 0.618. The molecule has 0 spiro atoms. The van der Waals surface area contributed by atoms with Crippen molar-refractivity contribution in [2.24, 2.45) is 0 Å². The summed E-state index contributed by atoms with van der Waals surface area (Å²) in [5, 5.41) is 1.56. The molecule has 4 heteroatoms. The third-order valence-electron chi connectivity index (χ3n) is 2.47. The molecule has 0 amide bonds. The van der Waals surface area contributed by atoms with Crippen molar-refractivity contribution in [3.8, 4) is 11.1 Å². The molecule has 0 nitrogen and oxygen atoms in total. The minimum absolute atomic E-state index is 0.254. The normalized spacial score (nSPS) is 10.6. The lowest BCUT2D eigenvalue weighted by atomic mass is 10.0. The van der Waals surface area contributed by atoms with Gasteiger partial charge in [-0.05, 0) is 29.8 Å². The summed E-state index contributed by atoms with van der Waals surface area (Å²) in [6.07, 6.45) is 0. The van der Waals surface area contributed by atoms with E-state index in [-0.39, 0.29) is 5.82 Å². The van der Waals surface area contributed by atoms with Crippen LogP contribution < -0.4 is 0 Å². The monoisotopic (exact) mass is 332 g/mol. The number of rotatable bonds is 2. The van der Waals surface area contributed by atoms with Crippen LogP contribution in [0.25, 0.3) is 11.1 Å². The van der Waals surface area contributed by atoms with Gasteiger partial charge in [-0.25, -0.2) is 4.39 Å². The van der Waals surface area contributed by atoms with E-state index in [1.54, 1.807) is 24.3 Å². The van der Waals surface area contributed by atoms with Gasteiger partial charge in [0, 0.05) is 26.5 Å². The van der Waals surface area contributed by atoms with Crippen LogP contribution in [-0.4, -0.2) is 0 Å². The third kappa shape index (κ3) is 2.65. The Balaban J connectivity index is 2.68. The largest absolute Gasteiger partial charge is 0.207 e. The Morgan fingerprint density at radius 3 is 2.53 bits per heavy atom.